The van der Waals surface area contributed by atoms with Crippen LogP contribution in [0.2, 0.25) is 0 Å². The maximum Gasteiger partial charge on any atom is 0.296 e. The molecule has 4 aliphatic rings. The van der Waals surface area contributed by atoms with Gasteiger partial charge in [-0.1, -0.05) is 101 Å². The van der Waals surface area contributed by atoms with E-state index in [1.807, 2.05) is 45.1 Å². The van der Waals surface area contributed by atoms with Crippen molar-refractivity contribution >= 4 is 23.3 Å². The molecule has 6 unspecified atom stereocenters. The van der Waals surface area contributed by atoms with Crippen LogP contribution in [0.4, 0.5) is 0 Å². The van der Waals surface area contributed by atoms with Crippen LogP contribution in [-0.2, 0) is 28.7 Å². The number of Topliss-reactive ketones (excluding diaryl/α,β-unsaturated/α-hetero) is 3. The van der Waals surface area contributed by atoms with Gasteiger partial charge in [0.1, 0.15) is 11.9 Å². The molecule has 1 saturated heterocycles. The summed E-state index contributed by atoms with van der Waals surface area (Å²) in [4.78, 5) is 55.8. The number of ketones is 3. The second kappa shape index (κ2) is 32.0. The van der Waals surface area contributed by atoms with Crippen LogP contribution in [0.3, 0.4) is 0 Å². The summed E-state index contributed by atoms with van der Waals surface area (Å²) in [6.07, 6.45) is 24.0. The number of piperidine rings is 1. The van der Waals surface area contributed by atoms with Crippen LogP contribution in [0.1, 0.15) is 144 Å². The highest BCUT2D eigenvalue weighted by atomic mass is 16.5. The van der Waals surface area contributed by atoms with Crippen LogP contribution >= 0.6 is 0 Å². The van der Waals surface area contributed by atoms with Crippen molar-refractivity contribution in [1.82, 2.24) is 4.90 Å². The van der Waals surface area contributed by atoms with Gasteiger partial charge >= 0.3 is 0 Å². The van der Waals surface area contributed by atoms with E-state index in [1.54, 1.807) is 21.1 Å². The van der Waals surface area contributed by atoms with E-state index < -0.39 is 35.5 Å². The van der Waals surface area contributed by atoms with E-state index in [9.17, 15) is 34.5 Å². The topological polar surface area (TPSA) is 191 Å². The lowest BCUT2D eigenvalue weighted by atomic mass is 9.70. The number of methoxy groups -OCH3 is 2. The first-order chi connectivity index (χ1) is 30.5. The number of aliphatic hydroxyl groups is 5. The third-order valence-electron chi connectivity index (χ3n) is 13.9. The van der Waals surface area contributed by atoms with Gasteiger partial charge in [0.25, 0.3) is 11.7 Å². The van der Waals surface area contributed by atoms with Crippen LogP contribution in [-0.4, -0.2) is 120 Å². The Bertz CT molecular complexity index is 1500. The summed E-state index contributed by atoms with van der Waals surface area (Å²) in [5.74, 6) is -4.68. The van der Waals surface area contributed by atoms with Gasteiger partial charge in [0.15, 0.2) is 5.78 Å². The van der Waals surface area contributed by atoms with Gasteiger partial charge in [-0.05, 0) is 108 Å². The summed E-state index contributed by atoms with van der Waals surface area (Å²) in [6, 6.07) is -0.639. The fourth-order valence-corrected chi connectivity index (χ4v) is 10.1. The van der Waals surface area contributed by atoms with Crippen molar-refractivity contribution in [3.63, 3.8) is 0 Å². The monoisotopic (exact) mass is 904 g/mol. The number of ether oxygens (including phenoxy) is 2. The lowest BCUT2D eigenvalue weighted by molar-refractivity contribution is -0.205. The molecule has 1 aliphatic carbocycles. The fourth-order valence-electron chi connectivity index (χ4n) is 10.1. The molecule has 12 nitrogen and oxygen atoms in total. The number of amides is 1. The average molecular weight is 904 g/mol. The minimum atomic E-state index is -2.80. The molecule has 64 heavy (non-hydrogen) atoms. The summed E-state index contributed by atoms with van der Waals surface area (Å²) in [5.41, 5.74) is 2.16. The summed E-state index contributed by atoms with van der Waals surface area (Å²) < 4.78 is 11.2. The number of aliphatic hydroxyl groups excluding tert-OH is 3. The predicted octanol–water partition coefficient (Wildman–Crippen LogP) is 7.74. The van der Waals surface area contributed by atoms with Gasteiger partial charge in [-0.25, -0.2) is 0 Å². The van der Waals surface area contributed by atoms with Gasteiger partial charge in [0.05, 0.1) is 12.6 Å². The molecule has 0 aromatic rings. The van der Waals surface area contributed by atoms with Crippen molar-refractivity contribution in [3.8, 4) is 0 Å². The van der Waals surface area contributed by atoms with Crippen molar-refractivity contribution in [2.75, 3.05) is 48.2 Å². The van der Waals surface area contributed by atoms with Gasteiger partial charge in [-0.2, -0.15) is 0 Å². The number of hydrogen-bond acceptors (Lipinski definition) is 11. The Hall–Kier alpha value is -2.84. The van der Waals surface area contributed by atoms with Gasteiger partial charge in [-0.15, -0.1) is 0 Å². The summed E-state index contributed by atoms with van der Waals surface area (Å²) >= 11 is 0. The zero-order valence-corrected chi connectivity index (χ0v) is 41.3. The van der Waals surface area contributed by atoms with Gasteiger partial charge < -0.3 is 39.9 Å². The molecule has 5 N–H and O–H groups in total. The van der Waals surface area contributed by atoms with Crippen molar-refractivity contribution in [1.29, 1.82) is 0 Å². The Balaban J connectivity index is 0.00000497. The number of hydrogen-bond donors (Lipinski definition) is 5. The minimum Gasteiger partial charge on any atom is -0.400 e. The summed E-state index contributed by atoms with van der Waals surface area (Å²) in [6.45, 7) is 12.2. The molecule has 0 aromatic carbocycles. The molecule has 10 atom stereocenters. The number of carbonyl (C=O) groups is 4. The fraction of sp³-hybridized carbons (Fsp3) is 0.769. The largest absolute Gasteiger partial charge is 0.400 e. The molecular formula is C52H89NO11. The Kier molecular flexibility index (Phi) is 29.6. The Morgan fingerprint density at radius 1 is 0.766 bits per heavy atom. The average Bonchev–Trinajstić information content (AvgIpc) is 3.29. The second-order valence-electron chi connectivity index (χ2n) is 19.1. The maximum absolute atomic E-state index is 13.8. The molecule has 0 aromatic heterocycles. The molecule has 0 spiro atoms. The zero-order valence-electron chi connectivity index (χ0n) is 41.3. The van der Waals surface area contributed by atoms with E-state index in [1.165, 1.54) is 10.5 Å². The van der Waals surface area contributed by atoms with E-state index >= 15 is 0 Å². The maximum atomic E-state index is 13.8. The van der Waals surface area contributed by atoms with Crippen molar-refractivity contribution in [2.45, 2.75) is 162 Å². The first kappa shape index (κ1) is 59.2. The number of nitrogens with zero attached hydrogens (tertiary/aromatic N) is 1. The molecule has 3 aliphatic heterocycles. The van der Waals surface area contributed by atoms with Crippen molar-refractivity contribution in [3.05, 3.63) is 47.6 Å². The first-order valence-electron chi connectivity index (χ1n) is 24.1. The molecule has 12 heteroatoms. The van der Waals surface area contributed by atoms with Crippen LogP contribution < -0.4 is 0 Å². The van der Waals surface area contributed by atoms with E-state index in [-0.39, 0.29) is 54.3 Å². The van der Waals surface area contributed by atoms with Crippen LogP contribution in [0.25, 0.3) is 0 Å². The number of fused-ring (bicyclic) bond motifs is 25. The number of rotatable bonds is 6. The Labute approximate surface area is 386 Å². The lowest BCUT2D eigenvalue weighted by Gasteiger charge is -2.43. The van der Waals surface area contributed by atoms with Gasteiger partial charge in [0.2, 0.25) is 5.79 Å². The van der Waals surface area contributed by atoms with Gasteiger partial charge in [0, 0.05) is 72.2 Å². The third-order valence-corrected chi connectivity index (χ3v) is 13.9. The standard InChI is InChI=1S/C50H81NO9.2CH4O/c1-34-16-11-9-13-18-35(2)26-38(5)47(54)46(60-8)28-36(3)27-37(4)45(53)23-22-42(30-40-20-15-21-41(29-40)33-59-7)43-24-25-51(44(31-43)32-52)49(56)48(55)50(57,58)39(6)19-14-10-12-17-34;2*1-2/h9,11,13,16,18,27,35,37-44,46,52,57-58H,10,12,14-15,17,19-26,28-33H2,1-8H3;2*2H,1H3/b11-9+,18-13+,34-16+,36-27+;;/t35-,37-,38?,39-,40?,41?,42+,43?,44?,46?;;/m1../s1. The van der Waals surface area contributed by atoms with E-state index in [0.29, 0.717) is 63.2 Å². The highest BCUT2D eigenvalue weighted by Crippen LogP contribution is 2.41. The van der Waals surface area contributed by atoms with E-state index in [4.69, 9.17) is 19.7 Å². The van der Waals surface area contributed by atoms with E-state index in [0.717, 1.165) is 77.8 Å². The van der Waals surface area contributed by atoms with Gasteiger partial charge in [-0.3, -0.25) is 19.2 Å². The molecule has 3 heterocycles. The second-order valence-corrected chi connectivity index (χ2v) is 19.1. The van der Waals surface area contributed by atoms with Crippen LogP contribution in [0.5, 0.6) is 0 Å². The smallest absolute Gasteiger partial charge is 0.296 e. The number of carbonyl (C=O) groups excluding carboxylic acids is 4. The van der Waals surface area contributed by atoms with Crippen LogP contribution in [0.15, 0.2) is 47.6 Å². The molecule has 1 amide bonds. The van der Waals surface area contributed by atoms with Crippen molar-refractivity contribution < 1.29 is 54.2 Å². The lowest BCUT2D eigenvalue weighted by Crippen LogP contribution is -2.57. The Morgan fingerprint density at radius 2 is 1.45 bits per heavy atom. The summed E-state index contributed by atoms with van der Waals surface area (Å²) in [7, 11) is 5.32. The van der Waals surface area contributed by atoms with Crippen molar-refractivity contribution in [2.24, 2.45) is 47.3 Å². The quantitative estimate of drug-likeness (QED) is 0.0996. The molecule has 2 bridgehead atoms. The van der Waals surface area contributed by atoms with Crippen LogP contribution in [0, 0.1) is 47.3 Å². The zero-order chi connectivity index (χ0) is 48.4. The normalized spacial score (nSPS) is 34.2. The predicted molar refractivity (Wildman–Crippen MR) is 254 cm³/mol. The molecule has 2 fully saturated rings. The molecule has 1 saturated carbocycles. The third kappa shape index (κ3) is 19.9. The highest BCUT2D eigenvalue weighted by molar-refractivity contribution is 6.38. The molecule has 0 radical (unpaired) electrons. The molecular weight excluding hydrogens is 815 g/mol. The SMILES string of the molecule is CO.CO.COCC1CCCC(C[C@@H]2CCC(=O)[C@H](C)/C=C(\C)CC(OC)C(=O)C(C)C[C@H](C)/C=C/C=C/C=C(\C)CCCCC[C@@H](C)C(O)(O)C(=O)C(=O)N3CCC2CC3CO)C1. The number of allylic oxidation sites excluding steroid dienone is 7. The first-order valence-corrected chi connectivity index (χ1v) is 24.1. The Morgan fingerprint density at radius 3 is 2.11 bits per heavy atom. The minimum absolute atomic E-state index is 0.0719. The summed E-state index contributed by atoms with van der Waals surface area (Å²) in [5, 5.41) is 46.7. The molecule has 4 rings (SSSR count). The van der Waals surface area contributed by atoms with E-state index in [2.05, 4.69) is 26.0 Å². The molecule has 368 valence electrons. The highest BCUT2D eigenvalue weighted by Gasteiger charge is 2.47.